The number of rotatable bonds is 7. The monoisotopic (exact) mass is 416 g/mol. The lowest BCUT2D eigenvalue weighted by molar-refractivity contribution is 0.243. The summed E-state index contributed by atoms with van der Waals surface area (Å²) in [5.74, 6) is 0.825. The first-order valence-corrected chi connectivity index (χ1v) is 9.01. The van der Waals surface area contributed by atoms with Gasteiger partial charge in [-0.25, -0.2) is 0 Å². The lowest BCUT2D eigenvalue weighted by Gasteiger charge is -2.17. The number of benzene rings is 2. The van der Waals surface area contributed by atoms with Crippen LogP contribution >= 0.6 is 39.1 Å². The highest BCUT2D eigenvalue weighted by molar-refractivity contribution is 9.10. The first kappa shape index (κ1) is 18.6. The van der Waals surface area contributed by atoms with E-state index in [-0.39, 0.29) is 12.5 Å². The van der Waals surface area contributed by atoms with Crippen LogP contribution in [0.15, 0.2) is 40.9 Å². The van der Waals surface area contributed by atoms with Crippen molar-refractivity contribution in [2.45, 2.75) is 25.7 Å². The number of ether oxygens (including phenoxy) is 1. The molecule has 0 saturated carbocycles. The minimum Gasteiger partial charge on any atom is -0.492 e. The molecule has 2 aromatic rings. The van der Waals surface area contributed by atoms with Crippen molar-refractivity contribution in [3.8, 4) is 5.75 Å². The van der Waals surface area contributed by atoms with Gasteiger partial charge < -0.3 is 9.84 Å². The van der Waals surface area contributed by atoms with Gasteiger partial charge in [-0.3, -0.25) is 0 Å². The molecule has 0 aromatic heterocycles. The van der Waals surface area contributed by atoms with Crippen molar-refractivity contribution in [1.82, 2.24) is 0 Å². The third kappa shape index (κ3) is 5.39. The first-order chi connectivity index (χ1) is 11.0. The molecule has 0 radical (unpaired) electrons. The van der Waals surface area contributed by atoms with Crippen LogP contribution in [0.5, 0.6) is 5.75 Å². The molecule has 5 heteroatoms. The molecule has 2 nitrogen and oxygen atoms in total. The molecular weight excluding hydrogens is 399 g/mol. The Morgan fingerprint density at radius 2 is 1.96 bits per heavy atom. The third-order valence-electron chi connectivity index (χ3n) is 3.66. The van der Waals surface area contributed by atoms with Crippen molar-refractivity contribution in [2.24, 2.45) is 0 Å². The van der Waals surface area contributed by atoms with E-state index in [0.29, 0.717) is 16.7 Å². The summed E-state index contributed by atoms with van der Waals surface area (Å²) in [6, 6.07) is 11.4. The highest BCUT2D eigenvalue weighted by Crippen LogP contribution is 2.31. The molecule has 124 valence electrons. The Kier molecular flexibility index (Phi) is 7.22. The van der Waals surface area contributed by atoms with Crippen LogP contribution in [0, 0.1) is 6.92 Å². The second kappa shape index (κ2) is 8.93. The van der Waals surface area contributed by atoms with Gasteiger partial charge in [0.15, 0.2) is 0 Å². The van der Waals surface area contributed by atoms with Crippen LogP contribution in [0.3, 0.4) is 0 Å². The zero-order chi connectivity index (χ0) is 16.8. The van der Waals surface area contributed by atoms with E-state index in [9.17, 15) is 5.11 Å². The molecule has 0 fully saturated rings. The molecule has 1 N–H and O–H groups in total. The standard InChI is InChI=1S/C18H19BrCl2O2/c1-12-4-7-18(16(19)9-12)23-8-2-3-13(11-22)15-6-5-14(20)10-17(15)21/h4-7,9-10,13,22H,2-3,8,11H2,1H3. The van der Waals surface area contributed by atoms with Gasteiger partial charge in [-0.2, -0.15) is 0 Å². The van der Waals surface area contributed by atoms with Gasteiger partial charge in [0.05, 0.1) is 11.1 Å². The molecule has 0 aliphatic heterocycles. The molecule has 23 heavy (non-hydrogen) atoms. The molecular formula is C18H19BrCl2O2. The molecule has 0 aliphatic rings. The number of aliphatic hydroxyl groups is 1. The smallest absolute Gasteiger partial charge is 0.133 e. The van der Waals surface area contributed by atoms with Crippen LogP contribution in [-0.2, 0) is 0 Å². The molecule has 1 atom stereocenters. The van der Waals surface area contributed by atoms with Crippen molar-refractivity contribution in [3.05, 3.63) is 62.0 Å². The summed E-state index contributed by atoms with van der Waals surface area (Å²) in [5.41, 5.74) is 2.11. The van der Waals surface area contributed by atoms with E-state index in [4.69, 9.17) is 27.9 Å². The largest absolute Gasteiger partial charge is 0.492 e. The highest BCUT2D eigenvalue weighted by Gasteiger charge is 2.14. The van der Waals surface area contributed by atoms with Gasteiger partial charge in [0, 0.05) is 22.6 Å². The van der Waals surface area contributed by atoms with Crippen LogP contribution < -0.4 is 4.74 Å². The molecule has 0 amide bonds. The van der Waals surface area contributed by atoms with Crippen molar-refractivity contribution < 1.29 is 9.84 Å². The summed E-state index contributed by atoms with van der Waals surface area (Å²) < 4.78 is 6.74. The van der Waals surface area contributed by atoms with Gasteiger partial charge in [-0.05, 0) is 71.1 Å². The van der Waals surface area contributed by atoms with Crippen LogP contribution in [0.4, 0.5) is 0 Å². The molecule has 0 bridgehead atoms. The SMILES string of the molecule is Cc1ccc(OCCCC(CO)c2ccc(Cl)cc2Cl)c(Br)c1. The fourth-order valence-corrected chi connectivity index (χ4v) is 3.58. The van der Waals surface area contributed by atoms with E-state index < -0.39 is 0 Å². The van der Waals surface area contributed by atoms with E-state index in [1.54, 1.807) is 12.1 Å². The molecule has 2 rings (SSSR count). The third-order valence-corrected chi connectivity index (χ3v) is 4.85. The summed E-state index contributed by atoms with van der Waals surface area (Å²) in [4.78, 5) is 0. The Morgan fingerprint density at radius 3 is 2.61 bits per heavy atom. The van der Waals surface area contributed by atoms with Crippen LogP contribution in [0.25, 0.3) is 0 Å². The predicted molar refractivity (Wildman–Crippen MR) is 99.9 cm³/mol. The van der Waals surface area contributed by atoms with Gasteiger partial charge in [0.25, 0.3) is 0 Å². The maximum absolute atomic E-state index is 9.62. The molecule has 0 spiro atoms. The number of aliphatic hydroxyl groups excluding tert-OH is 1. The zero-order valence-corrected chi connectivity index (χ0v) is 16.0. The van der Waals surface area contributed by atoms with Gasteiger partial charge in [-0.1, -0.05) is 35.3 Å². The maximum atomic E-state index is 9.62. The van der Waals surface area contributed by atoms with Gasteiger partial charge >= 0.3 is 0 Å². The minimum absolute atomic E-state index is 0.00942. The number of halogens is 3. The molecule has 0 heterocycles. The summed E-state index contributed by atoms with van der Waals surface area (Å²) in [6.45, 7) is 2.68. The van der Waals surface area contributed by atoms with Crippen LogP contribution in [-0.4, -0.2) is 18.3 Å². The molecule has 1 unspecified atom stereocenters. The van der Waals surface area contributed by atoms with E-state index in [1.165, 1.54) is 5.56 Å². The Hall–Kier alpha value is -0.740. The fourth-order valence-electron chi connectivity index (χ4n) is 2.41. The normalized spacial score (nSPS) is 12.2. The second-order valence-electron chi connectivity index (χ2n) is 5.47. The maximum Gasteiger partial charge on any atom is 0.133 e. The Balaban J connectivity index is 1.88. The Labute approximate surface area is 155 Å². The lowest BCUT2D eigenvalue weighted by atomic mass is 9.95. The van der Waals surface area contributed by atoms with Gasteiger partial charge in [0.1, 0.15) is 5.75 Å². The van der Waals surface area contributed by atoms with E-state index in [2.05, 4.69) is 15.9 Å². The lowest BCUT2D eigenvalue weighted by Crippen LogP contribution is -2.08. The zero-order valence-electron chi connectivity index (χ0n) is 12.9. The van der Waals surface area contributed by atoms with Crippen molar-refractivity contribution in [1.29, 1.82) is 0 Å². The van der Waals surface area contributed by atoms with Crippen LogP contribution in [0.1, 0.15) is 29.9 Å². The van der Waals surface area contributed by atoms with Crippen molar-refractivity contribution in [3.63, 3.8) is 0 Å². The van der Waals surface area contributed by atoms with Crippen molar-refractivity contribution >= 4 is 39.1 Å². The quantitative estimate of drug-likeness (QED) is 0.559. The molecule has 0 aliphatic carbocycles. The summed E-state index contributed by atoms with van der Waals surface area (Å²) >= 11 is 15.6. The minimum atomic E-state index is -0.00942. The summed E-state index contributed by atoms with van der Waals surface area (Å²) in [5, 5.41) is 10.8. The first-order valence-electron chi connectivity index (χ1n) is 7.46. The topological polar surface area (TPSA) is 29.5 Å². The Morgan fingerprint density at radius 1 is 1.17 bits per heavy atom. The summed E-state index contributed by atoms with van der Waals surface area (Å²) in [7, 11) is 0. The van der Waals surface area contributed by atoms with Crippen molar-refractivity contribution in [2.75, 3.05) is 13.2 Å². The van der Waals surface area contributed by atoms with Gasteiger partial charge in [0.2, 0.25) is 0 Å². The fraction of sp³-hybridized carbons (Fsp3) is 0.333. The predicted octanol–water partition coefficient (Wildman–Crippen LogP) is 6.00. The van der Waals surface area contributed by atoms with E-state index >= 15 is 0 Å². The number of hydrogen-bond acceptors (Lipinski definition) is 2. The van der Waals surface area contributed by atoms with E-state index in [0.717, 1.165) is 28.6 Å². The average Bonchev–Trinajstić information content (AvgIpc) is 2.50. The van der Waals surface area contributed by atoms with E-state index in [1.807, 2.05) is 31.2 Å². The van der Waals surface area contributed by atoms with Gasteiger partial charge in [-0.15, -0.1) is 0 Å². The van der Waals surface area contributed by atoms with Crippen LogP contribution in [0.2, 0.25) is 10.0 Å². The molecule has 0 saturated heterocycles. The highest BCUT2D eigenvalue weighted by atomic mass is 79.9. The number of aryl methyl sites for hydroxylation is 1. The summed E-state index contributed by atoms with van der Waals surface area (Å²) in [6.07, 6.45) is 1.62. The molecule has 2 aromatic carbocycles. The Bertz CT molecular complexity index is 661. The average molecular weight is 418 g/mol. The second-order valence-corrected chi connectivity index (χ2v) is 7.17. The number of hydrogen-bond donors (Lipinski definition) is 1.